The van der Waals surface area contributed by atoms with Crippen LogP contribution in [0.3, 0.4) is 0 Å². The van der Waals surface area contributed by atoms with E-state index in [0.717, 1.165) is 13.0 Å². The highest BCUT2D eigenvalue weighted by Gasteiger charge is 2.47. The molecular formula is C29H32O15. The van der Waals surface area contributed by atoms with Crippen molar-refractivity contribution in [3.8, 4) is 34.3 Å². The van der Waals surface area contributed by atoms with Crippen molar-refractivity contribution < 1.29 is 68.6 Å². The van der Waals surface area contributed by atoms with Gasteiger partial charge in [0.15, 0.2) is 18.0 Å². The molecule has 0 radical (unpaired) electrons. The van der Waals surface area contributed by atoms with Crippen molar-refractivity contribution in [2.24, 2.45) is 0 Å². The average Bonchev–Trinajstić information content (AvgIpc) is 2.97. The summed E-state index contributed by atoms with van der Waals surface area (Å²) in [5, 5.41) is 72.0. The molecule has 0 saturated carbocycles. The number of phenols is 2. The monoisotopic (exact) mass is 620 g/mol. The molecule has 3 aromatic rings. The van der Waals surface area contributed by atoms with Crippen LogP contribution in [0.5, 0.6) is 23.0 Å². The van der Waals surface area contributed by atoms with Gasteiger partial charge >= 0.3 is 5.97 Å². The third kappa shape index (κ3) is 5.90. The van der Waals surface area contributed by atoms with E-state index in [1.807, 2.05) is 0 Å². The molecule has 1 aromatic heterocycles. The molecule has 2 fully saturated rings. The van der Waals surface area contributed by atoms with Gasteiger partial charge < -0.3 is 63.8 Å². The third-order valence-electron chi connectivity index (χ3n) is 7.41. The van der Waals surface area contributed by atoms with E-state index < -0.39 is 84.3 Å². The molecule has 0 amide bonds. The number of hydrogen-bond donors (Lipinski definition) is 7. The topological polar surface area (TPSA) is 235 Å². The van der Waals surface area contributed by atoms with Crippen molar-refractivity contribution in [3.05, 3.63) is 46.6 Å². The third-order valence-corrected chi connectivity index (χ3v) is 7.41. The van der Waals surface area contributed by atoms with Gasteiger partial charge in [0.1, 0.15) is 52.6 Å². The van der Waals surface area contributed by atoms with E-state index in [4.69, 9.17) is 28.1 Å². The average molecular weight is 621 g/mol. The fourth-order valence-corrected chi connectivity index (χ4v) is 5.02. The van der Waals surface area contributed by atoms with Crippen molar-refractivity contribution in [1.29, 1.82) is 0 Å². The van der Waals surface area contributed by atoms with Gasteiger partial charge in [0.2, 0.25) is 23.8 Å². The first kappa shape index (κ1) is 31.5. The highest BCUT2D eigenvalue weighted by atomic mass is 16.7. The molecule has 0 bridgehead atoms. The van der Waals surface area contributed by atoms with Crippen molar-refractivity contribution >= 4 is 16.9 Å². The van der Waals surface area contributed by atoms with Gasteiger partial charge in [-0.1, -0.05) is 0 Å². The number of aliphatic hydroxyl groups excluding tert-OH is 5. The molecule has 15 nitrogen and oxygen atoms in total. The molecule has 2 aliphatic heterocycles. The summed E-state index contributed by atoms with van der Waals surface area (Å²) >= 11 is 0. The molecule has 5 rings (SSSR count). The lowest BCUT2D eigenvalue weighted by Crippen LogP contribution is -2.59. The standard InChI is InChI=1S/C29H32O15/c1-10-19(33)22(36)23(37)28(39-10)42-15-8-16(32)18-17(9-15)43-25(13-4-6-14(31)7-5-13)27(21(18)35)44-29-24(38)26(41-12(3)30)20(34)11(2)40-29/h4-11,19-20,22-24,26,28-29,31-34,36-38H,1-3H3. The summed E-state index contributed by atoms with van der Waals surface area (Å²) in [6.45, 7) is 3.99. The molecule has 2 aromatic carbocycles. The number of phenolic OH excluding ortho intramolecular Hbond substituents is 2. The van der Waals surface area contributed by atoms with Crippen LogP contribution in [0.2, 0.25) is 0 Å². The Hall–Kier alpha value is -3.96. The number of benzene rings is 2. The Balaban J connectivity index is 1.58. The first-order valence-electron chi connectivity index (χ1n) is 13.6. The molecule has 44 heavy (non-hydrogen) atoms. The number of hydrogen-bond acceptors (Lipinski definition) is 15. The fourth-order valence-electron chi connectivity index (χ4n) is 5.02. The van der Waals surface area contributed by atoms with Crippen molar-refractivity contribution in [3.63, 3.8) is 0 Å². The number of ether oxygens (including phenoxy) is 5. The minimum atomic E-state index is -1.75. The van der Waals surface area contributed by atoms with Gasteiger partial charge in [-0.2, -0.15) is 0 Å². The Kier molecular flexibility index (Phi) is 8.73. The Morgan fingerprint density at radius 1 is 0.795 bits per heavy atom. The van der Waals surface area contributed by atoms with E-state index in [2.05, 4.69) is 0 Å². The highest BCUT2D eigenvalue weighted by Crippen LogP contribution is 2.38. The lowest BCUT2D eigenvalue weighted by molar-refractivity contribution is -0.272. The molecule has 2 aliphatic rings. The van der Waals surface area contributed by atoms with E-state index in [0.29, 0.717) is 0 Å². The minimum absolute atomic E-state index is 0.0988. The smallest absolute Gasteiger partial charge is 0.303 e. The predicted octanol–water partition coefficient (Wildman–Crippen LogP) is -0.145. The van der Waals surface area contributed by atoms with Crippen LogP contribution in [-0.4, -0.2) is 103 Å². The molecule has 0 aliphatic carbocycles. The molecule has 0 spiro atoms. The van der Waals surface area contributed by atoms with E-state index in [1.54, 1.807) is 0 Å². The van der Waals surface area contributed by atoms with E-state index in [1.165, 1.54) is 44.2 Å². The normalized spacial score (nSPS) is 32.3. The Morgan fingerprint density at radius 3 is 2.05 bits per heavy atom. The van der Waals surface area contributed by atoms with Crippen LogP contribution in [0.1, 0.15) is 20.8 Å². The Morgan fingerprint density at radius 2 is 1.41 bits per heavy atom. The van der Waals surface area contributed by atoms with Crippen molar-refractivity contribution in [1.82, 2.24) is 0 Å². The van der Waals surface area contributed by atoms with Gasteiger partial charge in [0.05, 0.1) is 12.2 Å². The lowest BCUT2D eigenvalue weighted by Gasteiger charge is -2.40. The molecule has 10 atom stereocenters. The summed E-state index contributed by atoms with van der Waals surface area (Å²) in [6.07, 6.45) is -14.3. The molecule has 15 heteroatoms. The van der Waals surface area contributed by atoms with Gasteiger partial charge in [-0.3, -0.25) is 9.59 Å². The lowest BCUT2D eigenvalue weighted by atomic mass is 9.99. The van der Waals surface area contributed by atoms with Crippen molar-refractivity contribution in [2.75, 3.05) is 0 Å². The summed E-state index contributed by atoms with van der Waals surface area (Å²) < 4.78 is 33.5. The largest absolute Gasteiger partial charge is 0.508 e. The van der Waals surface area contributed by atoms with E-state index >= 15 is 0 Å². The molecule has 7 N–H and O–H groups in total. The van der Waals surface area contributed by atoms with Crippen molar-refractivity contribution in [2.45, 2.75) is 82.2 Å². The summed E-state index contributed by atoms with van der Waals surface area (Å²) in [5.41, 5.74) is -0.918. The van der Waals surface area contributed by atoms with Crippen LogP contribution < -0.4 is 14.9 Å². The minimum Gasteiger partial charge on any atom is -0.508 e. The number of fused-ring (bicyclic) bond motifs is 1. The van der Waals surface area contributed by atoms with Gasteiger partial charge in [-0.15, -0.1) is 0 Å². The second kappa shape index (κ2) is 12.2. The molecule has 2 saturated heterocycles. The van der Waals surface area contributed by atoms with Crippen LogP contribution in [0.4, 0.5) is 0 Å². The van der Waals surface area contributed by atoms with Gasteiger partial charge in [-0.05, 0) is 38.1 Å². The molecular weight excluding hydrogens is 588 g/mol. The maximum atomic E-state index is 13.8. The van der Waals surface area contributed by atoms with Gasteiger partial charge in [0, 0.05) is 24.6 Å². The zero-order valence-corrected chi connectivity index (χ0v) is 23.6. The first-order chi connectivity index (χ1) is 20.8. The van der Waals surface area contributed by atoms with E-state index in [-0.39, 0.29) is 33.8 Å². The number of esters is 1. The SMILES string of the molecule is CC(=O)OC1C(O)C(C)OC(Oc2c(-c3ccc(O)cc3)oc3cc(OC4OC(C)C(O)C(O)C4O)cc(O)c3c2=O)C1O. The van der Waals surface area contributed by atoms with Crippen LogP contribution in [0, 0.1) is 0 Å². The highest BCUT2D eigenvalue weighted by molar-refractivity contribution is 5.88. The number of aromatic hydroxyl groups is 2. The quantitative estimate of drug-likeness (QED) is 0.178. The number of rotatable bonds is 6. The zero-order chi connectivity index (χ0) is 32.0. The second-order valence-electron chi connectivity index (χ2n) is 10.6. The predicted molar refractivity (Wildman–Crippen MR) is 147 cm³/mol. The Labute approximate surface area is 249 Å². The molecule has 238 valence electrons. The summed E-state index contributed by atoms with van der Waals surface area (Å²) in [4.78, 5) is 25.4. The van der Waals surface area contributed by atoms with Crippen LogP contribution in [0.15, 0.2) is 45.6 Å². The van der Waals surface area contributed by atoms with Crippen LogP contribution >= 0.6 is 0 Å². The van der Waals surface area contributed by atoms with Crippen LogP contribution in [0.25, 0.3) is 22.3 Å². The number of carbonyl (C=O) groups excluding carboxylic acids is 1. The summed E-state index contributed by atoms with van der Waals surface area (Å²) in [5.74, 6) is -2.42. The number of aliphatic hydroxyl groups is 5. The fraction of sp³-hybridized carbons (Fsp3) is 0.448. The number of carbonyl (C=O) groups is 1. The maximum absolute atomic E-state index is 13.8. The second-order valence-corrected chi connectivity index (χ2v) is 10.6. The zero-order valence-electron chi connectivity index (χ0n) is 23.6. The summed E-state index contributed by atoms with van der Waals surface area (Å²) in [7, 11) is 0. The first-order valence-corrected chi connectivity index (χ1v) is 13.6. The van der Waals surface area contributed by atoms with Gasteiger partial charge in [0.25, 0.3) is 0 Å². The molecule has 10 unspecified atom stereocenters. The van der Waals surface area contributed by atoms with E-state index in [9.17, 15) is 45.3 Å². The van der Waals surface area contributed by atoms with Gasteiger partial charge in [-0.25, -0.2) is 0 Å². The Bertz CT molecular complexity index is 1570. The maximum Gasteiger partial charge on any atom is 0.303 e. The summed E-state index contributed by atoms with van der Waals surface area (Å²) in [6, 6.07) is 7.66. The van der Waals surface area contributed by atoms with Crippen LogP contribution in [-0.2, 0) is 19.0 Å². The molecule has 3 heterocycles.